The van der Waals surface area contributed by atoms with Gasteiger partial charge in [-0.2, -0.15) is 17.2 Å². The molecule has 0 aliphatic rings. The van der Waals surface area contributed by atoms with Gasteiger partial charge in [0.15, 0.2) is 0 Å². The zero-order chi connectivity index (χ0) is 34.2. The standard InChI is InChI=1S/C44H44N4O.Pt/c1-28(2)21-32-15-17-37(30(5)6)40(22-29(3)4)44(32)33-26-46-47(27-33)34-11-10-12-35(24-34)49-36-16-18-39-38-13-8-9-14-41(38)48(42(39)25-36)43-23-31(7)19-20-45-43;/h8-20,23,26-30H,21-22H2,1-7H3;/q-2;+2. The Bertz CT molecular complexity index is 2280. The largest absolute Gasteiger partial charge is 2.00 e. The number of hydrogen-bond donors (Lipinski definition) is 0. The fourth-order valence-corrected chi connectivity index (χ4v) is 7.00. The molecule has 0 atom stereocenters. The molecule has 0 saturated carbocycles. The van der Waals surface area contributed by atoms with Crippen LogP contribution in [0.1, 0.15) is 69.7 Å². The third kappa shape index (κ3) is 7.07. The average Bonchev–Trinajstić information content (AvgIpc) is 3.67. The van der Waals surface area contributed by atoms with Crippen LogP contribution in [0.15, 0.2) is 97.5 Å². The van der Waals surface area contributed by atoms with Gasteiger partial charge in [-0.1, -0.05) is 77.4 Å². The quantitative estimate of drug-likeness (QED) is 0.129. The van der Waals surface area contributed by atoms with Gasteiger partial charge in [-0.25, -0.2) is 4.98 Å². The Morgan fingerprint density at radius 1 is 0.780 bits per heavy atom. The number of rotatable bonds is 10. The molecule has 0 spiro atoms. The molecule has 5 nitrogen and oxygen atoms in total. The summed E-state index contributed by atoms with van der Waals surface area (Å²) in [5, 5.41) is 7.11. The molecule has 256 valence electrons. The van der Waals surface area contributed by atoms with Gasteiger partial charge in [0.25, 0.3) is 0 Å². The van der Waals surface area contributed by atoms with E-state index >= 15 is 0 Å². The number of aryl methyl sites for hydroxylation is 1. The fourth-order valence-electron chi connectivity index (χ4n) is 7.00. The van der Waals surface area contributed by atoms with Crippen LogP contribution in [0.25, 0.3) is 44.4 Å². The molecular weight excluding hydrogens is 796 g/mol. The topological polar surface area (TPSA) is 44.9 Å². The first kappa shape index (κ1) is 35.4. The summed E-state index contributed by atoms with van der Waals surface area (Å²) in [5.41, 5.74) is 10.7. The van der Waals surface area contributed by atoms with E-state index in [1.54, 1.807) is 0 Å². The van der Waals surface area contributed by atoms with E-state index in [1.807, 2.05) is 47.4 Å². The van der Waals surface area contributed by atoms with Gasteiger partial charge in [-0.3, -0.25) is 4.68 Å². The molecule has 0 saturated heterocycles. The molecule has 3 heterocycles. The number of fused-ring (bicyclic) bond motifs is 3. The van der Waals surface area contributed by atoms with Crippen LogP contribution in [0.5, 0.6) is 11.5 Å². The second-order valence-corrected chi connectivity index (χ2v) is 14.3. The summed E-state index contributed by atoms with van der Waals surface area (Å²) >= 11 is 0. The van der Waals surface area contributed by atoms with E-state index in [2.05, 4.69) is 120 Å². The van der Waals surface area contributed by atoms with E-state index in [-0.39, 0.29) is 21.1 Å². The van der Waals surface area contributed by atoms with E-state index in [1.165, 1.54) is 22.3 Å². The van der Waals surface area contributed by atoms with Crippen LogP contribution >= 0.6 is 0 Å². The van der Waals surface area contributed by atoms with Crippen LogP contribution in [0.2, 0.25) is 0 Å². The Kier molecular flexibility index (Phi) is 10.5. The number of pyridine rings is 1. The molecule has 0 amide bonds. The van der Waals surface area contributed by atoms with Gasteiger partial charge in [0.1, 0.15) is 5.82 Å². The number of aromatic nitrogens is 4. The molecule has 6 heteroatoms. The summed E-state index contributed by atoms with van der Waals surface area (Å²) in [6.07, 6.45) is 8.07. The van der Waals surface area contributed by atoms with E-state index in [9.17, 15) is 0 Å². The van der Waals surface area contributed by atoms with Crippen molar-refractivity contribution in [2.45, 2.75) is 67.2 Å². The Morgan fingerprint density at radius 2 is 1.56 bits per heavy atom. The number of hydrogen-bond acceptors (Lipinski definition) is 3. The van der Waals surface area contributed by atoms with Crippen molar-refractivity contribution in [3.63, 3.8) is 0 Å². The van der Waals surface area contributed by atoms with E-state index < -0.39 is 0 Å². The van der Waals surface area contributed by atoms with E-state index in [0.717, 1.165) is 57.3 Å². The number of para-hydroxylation sites is 1. The van der Waals surface area contributed by atoms with Crippen LogP contribution in [0.4, 0.5) is 0 Å². The maximum absolute atomic E-state index is 6.43. The van der Waals surface area contributed by atoms with E-state index in [0.29, 0.717) is 29.3 Å². The number of nitrogens with zero attached hydrogens (tertiary/aromatic N) is 4. The fraction of sp³-hybridized carbons (Fsp3) is 0.273. The summed E-state index contributed by atoms with van der Waals surface area (Å²) in [6.45, 7) is 15.9. The molecule has 0 fully saturated rings. The first-order valence-electron chi connectivity index (χ1n) is 17.4. The van der Waals surface area contributed by atoms with Crippen molar-refractivity contribution in [3.05, 3.63) is 132 Å². The minimum Gasteiger partial charge on any atom is -0.509 e. The molecular formula is C44H44N4OPt. The number of benzene rings is 4. The Morgan fingerprint density at radius 3 is 2.32 bits per heavy atom. The normalized spacial score (nSPS) is 11.6. The van der Waals surface area contributed by atoms with Gasteiger partial charge in [0, 0.05) is 35.0 Å². The summed E-state index contributed by atoms with van der Waals surface area (Å²) in [6, 6.07) is 34.2. The molecule has 4 aromatic carbocycles. The third-order valence-electron chi connectivity index (χ3n) is 9.08. The van der Waals surface area contributed by atoms with Crippen molar-refractivity contribution in [1.82, 2.24) is 19.3 Å². The van der Waals surface area contributed by atoms with Crippen molar-refractivity contribution < 1.29 is 25.8 Å². The zero-order valence-corrected chi connectivity index (χ0v) is 32.2. The van der Waals surface area contributed by atoms with Gasteiger partial charge in [0.2, 0.25) is 0 Å². The molecule has 0 aliphatic carbocycles. The molecule has 0 N–H and O–H groups in total. The molecule has 7 rings (SSSR count). The second kappa shape index (κ2) is 14.8. The van der Waals surface area contributed by atoms with Crippen molar-refractivity contribution in [3.8, 4) is 34.1 Å². The van der Waals surface area contributed by atoms with Gasteiger partial charge < -0.3 is 9.30 Å². The first-order chi connectivity index (χ1) is 23.7. The Labute approximate surface area is 310 Å². The van der Waals surface area contributed by atoms with Crippen LogP contribution in [-0.4, -0.2) is 19.3 Å². The monoisotopic (exact) mass is 839 g/mol. The first-order valence-corrected chi connectivity index (χ1v) is 17.4. The minimum atomic E-state index is 0. The predicted octanol–water partition coefficient (Wildman–Crippen LogP) is 11.3. The van der Waals surface area contributed by atoms with Crippen molar-refractivity contribution in [2.24, 2.45) is 11.8 Å². The van der Waals surface area contributed by atoms with Gasteiger partial charge in [-0.15, -0.1) is 35.7 Å². The van der Waals surface area contributed by atoms with Crippen LogP contribution < -0.4 is 4.74 Å². The molecule has 3 aromatic heterocycles. The predicted molar refractivity (Wildman–Crippen MR) is 201 cm³/mol. The second-order valence-electron chi connectivity index (χ2n) is 14.3. The van der Waals surface area contributed by atoms with Crippen LogP contribution in [0, 0.1) is 30.9 Å². The molecule has 50 heavy (non-hydrogen) atoms. The van der Waals surface area contributed by atoms with Crippen LogP contribution in [0.3, 0.4) is 0 Å². The maximum atomic E-state index is 6.43. The van der Waals surface area contributed by atoms with Crippen LogP contribution in [-0.2, 0) is 33.9 Å². The molecule has 0 aliphatic heterocycles. The third-order valence-corrected chi connectivity index (χ3v) is 9.08. The van der Waals surface area contributed by atoms with Gasteiger partial charge >= 0.3 is 21.1 Å². The molecule has 7 aromatic rings. The minimum absolute atomic E-state index is 0. The SMILES string of the molecule is Cc1ccnc(-n2c3[c-]c(Oc4[c-]c(-n5cc(-c6c(CC(C)C)ccc(C(C)C)c6CC(C)C)cn5)ccc4)ccc3c3ccccc32)c1.[Pt+2]. The smallest absolute Gasteiger partial charge is 0.509 e. The zero-order valence-electron chi connectivity index (χ0n) is 29.9. The summed E-state index contributed by atoms with van der Waals surface area (Å²) in [4.78, 5) is 4.70. The summed E-state index contributed by atoms with van der Waals surface area (Å²) in [5.74, 6) is 3.62. The molecule has 0 bridgehead atoms. The average molecular weight is 840 g/mol. The van der Waals surface area contributed by atoms with E-state index in [4.69, 9.17) is 14.8 Å². The maximum Gasteiger partial charge on any atom is 2.00 e. The van der Waals surface area contributed by atoms with Crippen molar-refractivity contribution in [1.29, 1.82) is 0 Å². The molecule has 0 radical (unpaired) electrons. The van der Waals surface area contributed by atoms with Gasteiger partial charge in [-0.05, 0) is 94.6 Å². The van der Waals surface area contributed by atoms with Crippen molar-refractivity contribution >= 4 is 21.8 Å². The molecule has 0 unspecified atom stereocenters. The number of ether oxygens (including phenoxy) is 1. The Balaban J connectivity index is 0.00000432. The summed E-state index contributed by atoms with van der Waals surface area (Å²) < 4.78 is 10.5. The Hall–Kier alpha value is -4.47. The summed E-state index contributed by atoms with van der Waals surface area (Å²) in [7, 11) is 0. The van der Waals surface area contributed by atoms with Gasteiger partial charge in [0.05, 0.1) is 6.20 Å². The van der Waals surface area contributed by atoms with Crippen molar-refractivity contribution in [2.75, 3.05) is 0 Å².